The predicted octanol–water partition coefficient (Wildman–Crippen LogP) is 4.49. The largest absolute Gasteiger partial charge is 0.497 e. The first-order valence-corrected chi connectivity index (χ1v) is 9.32. The van der Waals surface area contributed by atoms with E-state index >= 15 is 0 Å². The highest BCUT2D eigenvalue weighted by atomic mass is 16.5. The fourth-order valence-corrected chi connectivity index (χ4v) is 2.99. The number of nitrogens with one attached hydrogen (secondary N) is 1. The van der Waals surface area contributed by atoms with Gasteiger partial charge in [-0.05, 0) is 54.6 Å². The second-order valence-corrected chi connectivity index (χ2v) is 6.56. The van der Waals surface area contributed by atoms with Gasteiger partial charge in [0, 0.05) is 17.3 Å². The second kappa shape index (κ2) is 8.53. The zero-order valence-corrected chi connectivity index (χ0v) is 16.3. The number of hydrogen-bond donors (Lipinski definition) is 1. The van der Waals surface area contributed by atoms with Crippen molar-refractivity contribution in [1.29, 1.82) is 0 Å². The summed E-state index contributed by atoms with van der Waals surface area (Å²) in [5.74, 6) is 1.31. The fourth-order valence-electron chi connectivity index (χ4n) is 2.99. The van der Waals surface area contributed by atoms with Gasteiger partial charge in [0.05, 0.1) is 12.5 Å². The van der Waals surface area contributed by atoms with Crippen molar-refractivity contribution in [2.24, 2.45) is 0 Å². The lowest BCUT2D eigenvalue weighted by molar-refractivity contribution is -0.118. The van der Waals surface area contributed by atoms with Crippen molar-refractivity contribution in [2.75, 3.05) is 19.0 Å². The Balaban J connectivity index is 1.50. The zero-order valence-electron chi connectivity index (χ0n) is 16.3. The lowest BCUT2D eigenvalue weighted by atomic mass is 10.1. The number of ether oxygens (including phenoxy) is 2. The fraction of sp³-hybridized carbons (Fsp3) is 0.0833. The Labute approximate surface area is 172 Å². The molecular weight excluding hydrogens is 382 g/mol. The van der Waals surface area contributed by atoms with E-state index in [0.29, 0.717) is 28.2 Å². The van der Waals surface area contributed by atoms with Crippen LogP contribution in [-0.2, 0) is 4.79 Å². The summed E-state index contributed by atoms with van der Waals surface area (Å²) in [4.78, 5) is 24.6. The van der Waals surface area contributed by atoms with Crippen molar-refractivity contribution >= 4 is 22.6 Å². The molecule has 0 aliphatic rings. The molecular formula is C24H19NO5. The van der Waals surface area contributed by atoms with Gasteiger partial charge in [0.25, 0.3) is 5.91 Å². The third-order valence-electron chi connectivity index (χ3n) is 4.50. The van der Waals surface area contributed by atoms with Crippen molar-refractivity contribution in [3.05, 3.63) is 89.1 Å². The van der Waals surface area contributed by atoms with Crippen LogP contribution in [0.3, 0.4) is 0 Å². The van der Waals surface area contributed by atoms with Gasteiger partial charge in [-0.2, -0.15) is 0 Å². The summed E-state index contributed by atoms with van der Waals surface area (Å²) in [5.41, 5.74) is 1.71. The van der Waals surface area contributed by atoms with E-state index in [1.807, 2.05) is 30.3 Å². The highest BCUT2D eigenvalue weighted by Gasteiger charge is 2.10. The molecule has 0 aliphatic heterocycles. The van der Waals surface area contributed by atoms with Crippen LogP contribution < -0.4 is 20.2 Å². The van der Waals surface area contributed by atoms with Crippen LogP contribution in [0, 0.1) is 0 Å². The summed E-state index contributed by atoms with van der Waals surface area (Å²) in [5, 5.41) is 3.12. The summed E-state index contributed by atoms with van der Waals surface area (Å²) in [6, 6.07) is 22.7. The molecule has 0 spiro atoms. The lowest BCUT2D eigenvalue weighted by Gasteiger charge is -2.09. The van der Waals surface area contributed by atoms with Gasteiger partial charge >= 0.3 is 0 Å². The molecule has 1 aromatic heterocycles. The third kappa shape index (κ3) is 4.33. The smallest absolute Gasteiger partial charge is 0.262 e. The lowest BCUT2D eigenvalue weighted by Crippen LogP contribution is -2.20. The number of methoxy groups -OCH3 is 1. The molecule has 1 heterocycles. The minimum absolute atomic E-state index is 0.171. The number of rotatable bonds is 6. The molecule has 1 N–H and O–H groups in total. The molecule has 3 aromatic carbocycles. The van der Waals surface area contributed by atoms with Crippen molar-refractivity contribution in [3.8, 4) is 22.8 Å². The van der Waals surface area contributed by atoms with E-state index in [2.05, 4.69) is 5.32 Å². The zero-order chi connectivity index (χ0) is 20.9. The molecule has 0 unspecified atom stereocenters. The molecule has 4 aromatic rings. The second-order valence-electron chi connectivity index (χ2n) is 6.56. The quantitative estimate of drug-likeness (QED) is 0.515. The highest BCUT2D eigenvalue weighted by molar-refractivity contribution is 5.92. The predicted molar refractivity (Wildman–Crippen MR) is 115 cm³/mol. The number of anilines is 1. The van der Waals surface area contributed by atoms with Gasteiger partial charge in [-0.3, -0.25) is 9.59 Å². The number of carbonyl (C=O) groups excluding carboxylic acids is 1. The van der Waals surface area contributed by atoms with Crippen LogP contribution >= 0.6 is 0 Å². The number of benzene rings is 3. The third-order valence-corrected chi connectivity index (χ3v) is 4.50. The van der Waals surface area contributed by atoms with E-state index in [1.165, 1.54) is 6.07 Å². The maximum Gasteiger partial charge on any atom is 0.262 e. The maximum atomic E-state index is 12.6. The SMILES string of the molecule is COc1ccc(-c2cc(=O)c3cc(OCC(=O)Nc4ccccc4)ccc3o2)cc1. The molecule has 150 valence electrons. The van der Waals surface area contributed by atoms with Crippen LogP contribution in [0.2, 0.25) is 0 Å². The van der Waals surface area contributed by atoms with Crippen LogP contribution in [0.4, 0.5) is 5.69 Å². The first-order valence-electron chi connectivity index (χ1n) is 9.32. The van der Waals surface area contributed by atoms with Gasteiger partial charge in [-0.1, -0.05) is 18.2 Å². The Morgan fingerprint density at radius 3 is 2.40 bits per heavy atom. The summed E-state index contributed by atoms with van der Waals surface area (Å²) in [7, 11) is 1.59. The molecule has 6 nitrogen and oxygen atoms in total. The highest BCUT2D eigenvalue weighted by Crippen LogP contribution is 2.26. The molecule has 0 atom stereocenters. The molecule has 0 saturated heterocycles. The van der Waals surface area contributed by atoms with E-state index in [-0.39, 0.29) is 17.9 Å². The normalized spacial score (nSPS) is 10.6. The van der Waals surface area contributed by atoms with Crippen molar-refractivity contribution in [1.82, 2.24) is 0 Å². The van der Waals surface area contributed by atoms with E-state index < -0.39 is 0 Å². The monoisotopic (exact) mass is 401 g/mol. The Morgan fingerprint density at radius 2 is 1.67 bits per heavy atom. The minimum Gasteiger partial charge on any atom is -0.497 e. The van der Waals surface area contributed by atoms with Gasteiger partial charge in [-0.15, -0.1) is 0 Å². The van der Waals surface area contributed by atoms with E-state index in [9.17, 15) is 9.59 Å². The number of hydrogen-bond acceptors (Lipinski definition) is 5. The van der Waals surface area contributed by atoms with E-state index in [0.717, 1.165) is 11.3 Å². The van der Waals surface area contributed by atoms with Crippen molar-refractivity contribution in [2.45, 2.75) is 0 Å². The van der Waals surface area contributed by atoms with Gasteiger partial charge in [0.1, 0.15) is 22.8 Å². The Morgan fingerprint density at radius 1 is 0.933 bits per heavy atom. The van der Waals surface area contributed by atoms with Crippen LogP contribution in [0.1, 0.15) is 0 Å². The van der Waals surface area contributed by atoms with E-state index in [1.54, 1.807) is 49.6 Å². The molecule has 0 bridgehead atoms. The molecule has 6 heteroatoms. The molecule has 0 radical (unpaired) electrons. The van der Waals surface area contributed by atoms with Crippen LogP contribution in [0.25, 0.3) is 22.3 Å². The maximum absolute atomic E-state index is 12.6. The minimum atomic E-state index is -0.289. The summed E-state index contributed by atoms with van der Waals surface area (Å²) < 4.78 is 16.6. The van der Waals surface area contributed by atoms with Gasteiger partial charge in [0.2, 0.25) is 0 Å². The van der Waals surface area contributed by atoms with Crippen LogP contribution in [0.15, 0.2) is 88.1 Å². The summed E-state index contributed by atoms with van der Waals surface area (Å²) >= 11 is 0. The average molecular weight is 401 g/mol. The van der Waals surface area contributed by atoms with Crippen LogP contribution in [0.5, 0.6) is 11.5 Å². The van der Waals surface area contributed by atoms with Crippen LogP contribution in [-0.4, -0.2) is 19.6 Å². The molecule has 30 heavy (non-hydrogen) atoms. The Kier molecular flexibility index (Phi) is 5.48. The molecule has 0 fully saturated rings. The first-order chi connectivity index (χ1) is 14.6. The number of fused-ring (bicyclic) bond motifs is 1. The Bertz CT molecular complexity index is 1230. The van der Waals surface area contributed by atoms with Crippen molar-refractivity contribution in [3.63, 3.8) is 0 Å². The number of amides is 1. The average Bonchev–Trinajstić information content (AvgIpc) is 2.78. The van der Waals surface area contributed by atoms with Crippen molar-refractivity contribution < 1.29 is 18.7 Å². The molecule has 0 saturated carbocycles. The summed E-state index contributed by atoms with van der Waals surface area (Å²) in [6.45, 7) is -0.171. The Hall–Kier alpha value is -4.06. The summed E-state index contributed by atoms with van der Waals surface area (Å²) in [6.07, 6.45) is 0. The van der Waals surface area contributed by atoms with Gasteiger partial charge < -0.3 is 19.2 Å². The van der Waals surface area contributed by atoms with E-state index in [4.69, 9.17) is 13.9 Å². The standard InChI is InChI=1S/C24H19NO5/c1-28-18-9-7-16(8-10-18)23-14-21(26)20-13-19(11-12-22(20)30-23)29-15-24(27)25-17-5-3-2-4-6-17/h2-14H,15H2,1H3,(H,25,27). The molecule has 0 aliphatic carbocycles. The molecule has 4 rings (SSSR count). The first kappa shape index (κ1) is 19.3. The topological polar surface area (TPSA) is 77.8 Å². The molecule has 1 amide bonds. The number of para-hydroxylation sites is 1. The number of carbonyl (C=O) groups is 1. The van der Waals surface area contributed by atoms with Gasteiger partial charge in [0.15, 0.2) is 12.0 Å². The van der Waals surface area contributed by atoms with Gasteiger partial charge in [-0.25, -0.2) is 0 Å².